The summed E-state index contributed by atoms with van der Waals surface area (Å²) in [4.78, 5) is 15.1. The van der Waals surface area contributed by atoms with Crippen molar-refractivity contribution in [3.8, 4) is 0 Å². The lowest BCUT2D eigenvalue weighted by atomic mass is 9.84. The fourth-order valence-corrected chi connectivity index (χ4v) is 5.31. The van der Waals surface area contributed by atoms with E-state index in [1.807, 2.05) is 13.0 Å². The topological polar surface area (TPSA) is 58.4 Å². The van der Waals surface area contributed by atoms with Crippen LogP contribution in [0.4, 0.5) is 10.1 Å². The molecule has 3 fully saturated rings. The number of aryl methyl sites for hydroxylation is 1. The molecule has 4 rings (SSSR count). The maximum absolute atomic E-state index is 13.4. The summed E-state index contributed by atoms with van der Waals surface area (Å²) in [6.07, 6.45) is 5.51. The van der Waals surface area contributed by atoms with Crippen LogP contribution in [-0.2, 0) is 4.79 Å². The van der Waals surface area contributed by atoms with Gasteiger partial charge in [0.05, 0.1) is 5.92 Å². The molecule has 1 aliphatic heterocycles. The number of rotatable bonds is 3. The van der Waals surface area contributed by atoms with Crippen LogP contribution >= 0.6 is 0 Å². The second-order valence-corrected chi connectivity index (χ2v) is 8.16. The number of fused-ring (bicyclic) bond motifs is 2. The average Bonchev–Trinajstić information content (AvgIpc) is 3.16. The van der Waals surface area contributed by atoms with Crippen molar-refractivity contribution in [2.75, 3.05) is 18.0 Å². The maximum atomic E-state index is 13.4. The summed E-state index contributed by atoms with van der Waals surface area (Å²) in [6.45, 7) is 3.68. The molecular formula is C20H28FN3O. The molecule has 25 heavy (non-hydrogen) atoms. The highest BCUT2D eigenvalue weighted by molar-refractivity contribution is 5.80. The van der Waals surface area contributed by atoms with E-state index in [-0.39, 0.29) is 29.7 Å². The zero-order chi connectivity index (χ0) is 17.6. The molecule has 0 spiro atoms. The lowest BCUT2D eigenvalue weighted by Gasteiger charge is -2.37. The van der Waals surface area contributed by atoms with Crippen molar-refractivity contribution in [1.82, 2.24) is 5.32 Å². The first kappa shape index (κ1) is 16.8. The number of piperidine rings is 1. The summed E-state index contributed by atoms with van der Waals surface area (Å²) < 4.78 is 13.4. The third-order valence-electron chi connectivity index (χ3n) is 6.55. The minimum atomic E-state index is -0.201. The predicted octanol–water partition coefficient (Wildman–Crippen LogP) is 2.59. The molecule has 5 atom stereocenters. The van der Waals surface area contributed by atoms with Crippen LogP contribution in [0.15, 0.2) is 18.2 Å². The van der Waals surface area contributed by atoms with E-state index in [1.54, 1.807) is 6.07 Å². The first-order chi connectivity index (χ1) is 12.0. The van der Waals surface area contributed by atoms with E-state index < -0.39 is 0 Å². The van der Waals surface area contributed by atoms with Gasteiger partial charge in [-0.15, -0.1) is 0 Å². The summed E-state index contributed by atoms with van der Waals surface area (Å²) in [5, 5.41) is 3.27. The summed E-state index contributed by atoms with van der Waals surface area (Å²) in [7, 11) is 0. The second kappa shape index (κ2) is 6.60. The van der Waals surface area contributed by atoms with Gasteiger partial charge in [-0.05, 0) is 74.6 Å². The number of carbonyl (C=O) groups excluding carboxylic acids is 1. The molecule has 1 aromatic carbocycles. The smallest absolute Gasteiger partial charge is 0.225 e. The van der Waals surface area contributed by atoms with Crippen LogP contribution in [0, 0.1) is 30.5 Å². The fraction of sp³-hybridized carbons (Fsp3) is 0.650. The molecule has 1 saturated heterocycles. The molecule has 5 heteroatoms. The summed E-state index contributed by atoms with van der Waals surface area (Å²) >= 11 is 0. The Bertz CT molecular complexity index is 662. The molecule has 3 aliphatic rings. The highest BCUT2D eigenvalue weighted by Gasteiger charge is 2.49. The van der Waals surface area contributed by atoms with Crippen LogP contribution in [0.25, 0.3) is 0 Å². The number of benzene rings is 1. The Morgan fingerprint density at radius 1 is 1.28 bits per heavy atom. The van der Waals surface area contributed by atoms with Gasteiger partial charge in [0.25, 0.3) is 0 Å². The van der Waals surface area contributed by atoms with Crippen molar-refractivity contribution >= 4 is 11.6 Å². The van der Waals surface area contributed by atoms with Crippen LogP contribution in [0.3, 0.4) is 0 Å². The van der Waals surface area contributed by atoms with Crippen molar-refractivity contribution in [2.24, 2.45) is 23.5 Å². The van der Waals surface area contributed by atoms with Crippen LogP contribution in [0.1, 0.15) is 37.7 Å². The molecule has 1 aromatic rings. The van der Waals surface area contributed by atoms with Crippen molar-refractivity contribution < 1.29 is 9.18 Å². The van der Waals surface area contributed by atoms with E-state index in [0.29, 0.717) is 11.8 Å². The van der Waals surface area contributed by atoms with E-state index >= 15 is 0 Å². The minimum absolute atomic E-state index is 0.00156. The molecule has 136 valence electrons. The zero-order valence-corrected chi connectivity index (χ0v) is 14.9. The van der Waals surface area contributed by atoms with Gasteiger partial charge in [0.2, 0.25) is 5.91 Å². The Balaban J connectivity index is 1.41. The molecule has 1 amide bonds. The molecule has 2 bridgehead atoms. The maximum Gasteiger partial charge on any atom is 0.225 e. The summed E-state index contributed by atoms with van der Waals surface area (Å²) in [5.74, 6) is 0.988. The highest BCUT2D eigenvalue weighted by Crippen LogP contribution is 2.47. The van der Waals surface area contributed by atoms with Crippen molar-refractivity contribution in [3.05, 3.63) is 29.6 Å². The number of halogens is 1. The molecular weight excluding hydrogens is 317 g/mol. The minimum Gasteiger partial charge on any atom is -0.369 e. The SMILES string of the molecule is Cc1cc(F)ccc1N1CCCC(NC(=O)C2C3CCC(C3)C2N)C1. The van der Waals surface area contributed by atoms with Crippen LogP contribution < -0.4 is 16.0 Å². The Kier molecular flexibility index (Phi) is 4.44. The Hall–Kier alpha value is -1.62. The average molecular weight is 345 g/mol. The number of nitrogens with zero attached hydrogens (tertiary/aromatic N) is 1. The molecule has 5 unspecified atom stereocenters. The molecule has 2 aliphatic carbocycles. The Morgan fingerprint density at radius 3 is 2.80 bits per heavy atom. The molecule has 0 radical (unpaired) electrons. The number of nitrogens with one attached hydrogen (secondary N) is 1. The fourth-order valence-electron chi connectivity index (χ4n) is 5.31. The van der Waals surface area contributed by atoms with Gasteiger partial charge in [-0.2, -0.15) is 0 Å². The second-order valence-electron chi connectivity index (χ2n) is 8.16. The summed E-state index contributed by atoms with van der Waals surface area (Å²) in [6, 6.07) is 5.13. The van der Waals surface area contributed by atoms with Gasteiger partial charge >= 0.3 is 0 Å². The molecule has 2 saturated carbocycles. The third kappa shape index (κ3) is 3.14. The number of hydrogen-bond donors (Lipinski definition) is 2. The van der Waals surface area contributed by atoms with Crippen molar-refractivity contribution in [1.29, 1.82) is 0 Å². The van der Waals surface area contributed by atoms with Gasteiger partial charge < -0.3 is 16.0 Å². The van der Waals surface area contributed by atoms with Crippen molar-refractivity contribution in [3.63, 3.8) is 0 Å². The summed E-state index contributed by atoms with van der Waals surface area (Å²) in [5.41, 5.74) is 8.33. The van der Waals surface area contributed by atoms with Crippen LogP contribution in [-0.4, -0.2) is 31.1 Å². The van der Waals surface area contributed by atoms with E-state index in [0.717, 1.165) is 50.0 Å². The normalized spacial score (nSPS) is 34.4. The monoisotopic (exact) mass is 345 g/mol. The van der Waals surface area contributed by atoms with Crippen LogP contribution in [0.5, 0.6) is 0 Å². The van der Waals surface area contributed by atoms with Gasteiger partial charge in [-0.25, -0.2) is 4.39 Å². The first-order valence-corrected chi connectivity index (χ1v) is 9.60. The zero-order valence-electron chi connectivity index (χ0n) is 14.9. The van der Waals surface area contributed by atoms with Crippen molar-refractivity contribution in [2.45, 2.75) is 51.1 Å². The van der Waals surface area contributed by atoms with Gasteiger partial charge in [-0.3, -0.25) is 4.79 Å². The van der Waals surface area contributed by atoms with Gasteiger partial charge in [0.1, 0.15) is 5.82 Å². The molecule has 3 N–H and O–H groups in total. The van der Waals surface area contributed by atoms with E-state index in [1.165, 1.54) is 12.5 Å². The standard InChI is InChI=1S/C20H28FN3O/c1-12-9-15(21)6-7-17(12)24-8-2-3-16(11-24)23-20(25)18-13-4-5-14(10-13)19(18)22/h6-7,9,13-14,16,18-19H,2-5,8,10-11,22H2,1H3,(H,23,25). The number of hydrogen-bond acceptors (Lipinski definition) is 3. The van der Waals surface area contributed by atoms with E-state index in [2.05, 4.69) is 10.2 Å². The van der Waals surface area contributed by atoms with E-state index in [4.69, 9.17) is 5.73 Å². The molecule has 4 nitrogen and oxygen atoms in total. The number of nitrogens with two attached hydrogens (primary N) is 1. The number of anilines is 1. The lowest BCUT2D eigenvalue weighted by Crippen LogP contribution is -2.52. The number of amides is 1. The van der Waals surface area contributed by atoms with E-state index in [9.17, 15) is 9.18 Å². The number of carbonyl (C=O) groups is 1. The molecule has 0 aromatic heterocycles. The first-order valence-electron chi connectivity index (χ1n) is 9.60. The predicted molar refractivity (Wildman–Crippen MR) is 96.8 cm³/mol. The highest BCUT2D eigenvalue weighted by atomic mass is 19.1. The largest absolute Gasteiger partial charge is 0.369 e. The van der Waals surface area contributed by atoms with Crippen LogP contribution in [0.2, 0.25) is 0 Å². The lowest BCUT2D eigenvalue weighted by molar-refractivity contribution is -0.127. The third-order valence-corrected chi connectivity index (χ3v) is 6.55. The van der Waals surface area contributed by atoms with Gasteiger partial charge in [0.15, 0.2) is 0 Å². The Morgan fingerprint density at radius 2 is 2.08 bits per heavy atom. The molecule has 1 heterocycles. The van der Waals surface area contributed by atoms with Gasteiger partial charge in [0, 0.05) is 30.9 Å². The van der Waals surface area contributed by atoms with Gasteiger partial charge in [-0.1, -0.05) is 0 Å². The Labute approximate surface area is 148 Å². The quantitative estimate of drug-likeness (QED) is 0.885.